The summed E-state index contributed by atoms with van der Waals surface area (Å²) in [5.74, 6) is 0.317. The number of rotatable bonds is 3. The predicted octanol–water partition coefficient (Wildman–Crippen LogP) is 1.04. The van der Waals surface area contributed by atoms with Gasteiger partial charge in [-0.2, -0.15) is 5.10 Å². The molecule has 1 aliphatic heterocycles. The number of nitrogens with one attached hydrogen (secondary N) is 1. The number of methoxy groups -OCH3 is 1. The summed E-state index contributed by atoms with van der Waals surface area (Å²) in [4.78, 5) is 14.1. The number of hydrogen-bond donors (Lipinski definition) is 2. The van der Waals surface area contributed by atoms with Gasteiger partial charge in [-0.3, -0.25) is 9.89 Å². The topological polar surface area (TPSA) is 78.5 Å². The van der Waals surface area contributed by atoms with Gasteiger partial charge in [0.05, 0.1) is 25.5 Å². The lowest BCUT2D eigenvalue weighted by Gasteiger charge is -2.28. The fraction of sp³-hybridized carbons (Fsp3) is 0.333. The third-order valence-corrected chi connectivity index (χ3v) is 3.76. The minimum Gasteiger partial charge on any atom is -0.497 e. The molecule has 110 valence electrons. The first-order chi connectivity index (χ1) is 10.2. The molecular weight excluding hydrogens is 270 g/mol. The molecule has 0 saturated heterocycles. The van der Waals surface area contributed by atoms with Crippen LogP contribution in [0.25, 0.3) is 0 Å². The van der Waals surface area contributed by atoms with E-state index in [0.29, 0.717) is 24.4 Å². The Labute approximate surface area is 122 Å². The van der Waals surface area contributed by atoms with Crippen molar-refractivity contribution in [2.75, 3.05) is 13.7 Å². The maximum atomic E-state index is 12.4. The minimum absolute atomic E-state index is 0.302. The van der Waals surface area contributed by atoms with Gasteiger partial charge in [0.15, 0.2) is 6.10 Å². The van der Waals surface area contributed by atoms with E-state index in [1.54, 1.807) is 42.5 Å². The fourth-order valence-electron chi connectivity index (χ4n) is 2.53. The quantitative estimate of drug-likeness (QED) is 0.884. The molecule has 2 N–H and O–H groups in total. The van der Waals surface area contributed by atoms with E-state index in [1.165, 1.54) is 0 Å². The molecule has 1 atom stereocenters. The largest absolute Gasteiger partial charge is 0.497 e. The second-order valence-corrected chi connectivity index (χ2v) is 5.06. The molecule has 1 aromatic heterocycles. The number of fused-ring (bicyclic) bond motifs is 1. The van der Waals surface area contributed by atoms with Gasteiger partial charge in [0.2, 0.25) is 0 Å². The van der Waals surface area contributed by atoms with E-state index < -0.39 is 6.10 Å². The Bertz CT molecular complexity index is 653. The van der Waals surface area contributed by atoms with Gasteiger partial charge in [-0.15, -0.1) is 0 Å². The molecule has 6 heteroatoms. The molecule has 0 saturated carbocycles. The molecule has 2 aromatic rings. The molecule has 1 unspecified atom stereocenters. The summed E-state index contributed by atoms with van der Waals surface area (Å²) in [5.41, 5.74) is 2.61. The first-order valence-corrected chi connectivity index (χ1v) is 6.81. The summed E-state index contributed by atoms with van der Waals surface area (Å²) in [6, 6.07) is 6.93. The molecule has 6 nitrogen and oxygen atoms in total. The van der Waals surface area contributed by atoms with Crippen molar-refractivity contribution in [2.24, 2.45) is 0 Å². The van der Waals surface area contributed by atoms with Crippen LogP contribution in [0.4, 0.5) is 0 Å². The van der Waals surface area contributed by atoms with Crippen LogP contribution < -0.4 is 4.74 Å². The Balaban J connectivity index is 1.76. The van der Waals surface area contributed by atoms with Crippen LogP contribution in [0.15, 0.2) is 30.5 Å². The third kappa shape index (κ3) is 2.62. The van der Waals surface area contributed by atoms with Crippen LogP contribution in [0.1, 0.15) is 22.9 Å². The fourth-order valence-corrected chi connectivity index (χ4v) is 2.53. The summed E-state index contributed by atoms with van der Waals surface area (Å²) >= 11 is 0. The lowest BCUT2D eigenvalue weighted by atomic mass is 10.0. The van der Waals surface area contributed by atoms with E-state index in [0.717, 1.165) is 17.7 Å². The number of H-pyrrole nitrogens is 1. The van der Waals surface area contributed by atoms with Crippen LogP contribution in [0.2, 0.25) is 0 Å². The zero-order valence-corrected chi connectivity index (χ0v) is 11.7. The second kappa shape index (κ2) is 5.57. The van der Waals surface area contributed by atoms with Crippen LogP contribution in [0.3, 0.4) is 0 Å². The van der Waals surface area contributed by atoms with Gasteiger partial charge >= 0.3 is 0 Å². The van der Waals surface area contributed by atoms with Crippen molar-refractivity contribution in [1.82, 2.24) is 15.1 Å². The van der Waals surface area contributed by atoms with E-state index in [9.17, 15) is 9.90 Å². The highest BCUT2D eigenvalue weighted by molar-refractivity contribution is 5.82. The maximum Gasteiger partial charge on any atom is 0.256 e. The molecule has 1 aliphatic rings. The van der Waals surface area contributed by atoms with Gasteiger partial charge in [0.1, 0.15) is 5.75 Å². The van der Waals surface area contributed by atoms with Crippen LogP contribution in [-0.2, 0) is 17.8 Å². The molecule has 0 radical (unpaired) electrons. The van der Waals surface area contributed by atoms with E-state index >= 15 is 0 Å². The highest BCUT2D eigenvalue weighted by Crippen LogP contribution is 2.23. The zero-order chi connectivity index (χ0) is 14.8. The van der Waals surface area contributed by atoms with E-state index in [4.69, 9.17) is 4.74 Å². The number of carbonyl (C=O) groups excluding carboxylic acids is 1. The minimum atomic E-state index is -1.18. The number of aliphatic hydroxyl groups is 1. The van der Waals surface area contributed by atoms with Gasteiger partial charge in [-0.05, 0) is 29.7 Å². The standard InChI is InChI=1S/C15H17N3O3/c1-21-12-4-2-3-10(7-12)14(19)15(20)18-6-5-11-8-16-17-13(11)9-18/h2-4,7-8,14,19H,5-6,9H2,1H3,(H,16,17). The molecule has 1 aromatic carbocycles. The van der Waals surface area contributed by atoms with Crippen molar-refractivity contribution in [3.8, 4) is 5.75 Å². The smallest absolute Gasteiger partial charge is 0.256 e. The summed E-state index contributed by atoms with van der Waals surface area (Å²) < 4.78 is 5.12. The Kier molecular flexibility index (Phi) is 3.62. The predicted molar refractivity (Wildman–Crippen MR) is 75.7 cm³/mol. The maximum absolute atomic E-state index is 12.4. The van der Waals surface area contributed by atoms with Crippen molar-refractivity contribution in [3.63, 3.8) is 0 Å². The number of aromatic nitrogens is 2. The zero-order valence-electron chi connectivity index (χ0n) is 11.7. The van der Waals surface area contributed by atoms with Crippen molar-refractivity contribution < 1.29 is 14.6 Å². The van der Waals surface area contributed by atoms with Gasteiger partial charge < -0.3 is 14.7 Å². The van der Waals surface area contributed by atoms with E-state index in [-0.39, 0.29) is 5.91 Å². The van der Waals surface area contributed by atoms with Crippen LogP contribution in [0.5, 0.6) is 5.75 Å². The van der Waals surface area contributed by atoms with Crippen molar-refractivity contribution in [1.29, 1.82) is 0 Å². The molecule has 3 rings (SSSR count). The number of aromatic amines is 1. The average molecular weight is 287 g/mol. The Morgan fingerprint density at radius 1 is 1.52 bits per heavy atom. The molecule has 0 fully saturated rings. The van der Waals surface area contributed by atoms with E-state index in [1.807, 2.05) is 0 Å². The summed E-state index contributed by atoms with van der Waals surface area (Å²) in [7, 11) is 1.55. The van der Waals surface area contributed by atoms with Crippen LogP contribution >= 0.6 is 0 Å². The summed E-state index contributed by atoms with van der Waals surface area (Å²) in [6.07, 6.45) is 1.36. The second-order valence-electron chi connectivity index (χ2n) is 5.06. The number of nitrogens with zero attached hydrogens (tertiary/aromatic N) is 2. The highest BCUT2D eigenvalue weighted by atomic mass is 16.5. The summed E-state index contributed by atoms with van der Waals surface area (Å²) in [6.45, 7) is 1.04. The molecule has 21 heavy (non-hydrogen) atoms. The van der Waals surface area contributed by atoms with Gasteiger partial charge in [0, 0.05) is 6.54 Å². The number of hydrogen-bond acceptors (Lipinski definition) is 4. The Morgan fingerprint density at radius 2 is 2.38 bits per heavy atom. The Hall–Kier alpha value is -2.34. The third-order valence-electron chi connectivity index (χ3n) is 3.76. The number of benzene rings is 1. The van der Waals surface area contributed by atoms with E-state index in [2.05, 4.69) is 10.2 Å². The first-order valence-electron chi connectivity index (χ1n) is 6.81. The normalized spacial score (nSPS) is 15.4. The molecule has 1 amide bonds. The first kappa shape index (κ1) is 13.6. The lowest BCUT2D eigenvalue weighted by Crippen LogP contribution is -2.38. The number of amides is 1. The van der Waals surface area contributed by atoms with Crippen LogP contribution in [0, 0.1) is 0 Å². The van der Waals surface area contributed by atoms with Gasteiger partial charge in [-0.1, -0.05) is 12.1 Å². The van der Waals surface area contributed by atoms with Crippen molar-refractivity contribution >= 4 is 5.91 Å². The number of aliphatic hydroxyl groups excluding tert-OH is 1. The van der Waals surface area contributed by atoms with Crippen molar-refractivity contribution in [3.05, 3.63) is 47.3 Å². The van der Waals surface area contributed by atoms with Gasteiger partial charge in [-0.25, -0.2) is 0 Å². The molecule has 0 bridgehead atoms. The molecule has 0 aliphatic carbocycles. The molecular formula is C15H17N3O3. The lowest BCUT2D eigenvalue weighted by molar-refractivity contribution is -0.141. The number of carbonyl (C=O) groups is 1. The molecule has 0 spiro atoms. The van der Waals surface area contributed by atoms with Crippen LogP contribution in [-0.4, -0.2) is 39.8 Å². The summed E-state index contributed by atoms with van der Waals surface area (Å²) in [5, 5.41) is 17.2. The van der Waals surface area contributed by atoms with Crippen molar-refractivity contribution in [2.45, 2.75) is 19.1 Å². The monoisotopic (exact) mass is 287 g/mol. The van der Waals surface area contributed by atoms with Gasteiger partial charge in [0.25, 0.3) is 5.91 Å². The number of ether oxygens (including phenoxy) is 1. The highest BCUT2D eigenvalue weighted by Gasteiger charge is 2.27. The Morgan fingerprint density at radius 3 is 3.19 bits per heavy atom. The molecule has 2 heterocycles. The SMILES string of the molecule is COc1cccc(C(O)C(=O)N2CCc3cn[nH]c3C2)c1. The average Bonchev–Trinajstić information content (AvgIpc) is 3.01.